The average molecular weight is 210 g/mol. The molecule has 0 fully saturated rings. The third-order valence-corrected chi connectivity index (χ3v) is 1.95. The first kappa shape index (κ1) is 11.5. The molecule has 1 atom stereocenters. The van der Waals surface area contributed by atoms with E-state index in [1.54, 1.807) is 19.9 Å². The number of carbonyl (C=O) groups is 1. The Morgan fingerprint density at radius 3 is 2.80 bits per heavy atom. The summed E-state index contributed by atoms with van der Waals surface area (Å²) in [4.78, 5) is 25.4. The molecule has 0 aromatic carbocycles. The molecular formula is C10H14N2O3. The number of nitrogens with one attached hydrogen (secondary N) is 2. The van der Waals surface area contributed by atoms with Gasteiger partial charge in [0.1, 0.15) is 5.56 Å². The molecule has 1 aromatic rings. The van der Waals surface area contributed by atoms with E-state index in [0.29, 0.717) is 5.69 Å². The minimum atomic E-state index is -0.474. The summed E-state index contributed by atoms with van der Waals surface area (Å²) >= 11 is 0. The third kappa shape index (κ3) is 2.92. The molecule has 0 radical (unpaired) electrons. The van der Waals surface area contributed by atoms with E-state index in [2.05, 4.69) is 10.3 Å². The summed E-state index contributed by atoms with van der Waals surface area (Å²) in [6.07, 6.45) is 0. The number of aliphatic hydroxyl groups is 1. The molecule has 82 valence electrons. The van der Waals surface area contributed by atoms with Crippen LogP contribution in [-0.2, 0) is 0 Å². The number of aromatic amines is 1. The van der Waals surface area contributed by atoms with E-state index >= 15 is 0 Å². The summed E-state index contributed by atoms with van der Waals surface area (Å²) in [5.74, 6) is -0.474. The second-order valence-electron chi connectivity index (χ2n) is 3.44. The first-order valence-electron chi connectivity index (χ1n) is 4.66. The van der Waals surface area contributed by atoms with Crippen LogP contribution in [0.2, 0.25) is 0 Å². The number of aromatic nitrogens is 1. The van der Waals surface area contributed by atoms with Gasteiger partial charge >= 0.3 is 0 Å². The number of carbonyl (C=O) groups excluding carboxylic acids is 1. The smallest absolute Gasteiger partial charge is 0.260 e. The van der Waals surface area contributed by atoms with Crippen LogP contribution in [0, 0.1) is 6.92 Å². The lowest BCUT2D eigenvalue weighted by molar-refractivity contribution is 0.0921. The highest BCUT2D eigenvalue weighted by Crippen LogP contribution is 1.94. The van der Waals surface area contributed by atoms with Crippen LogP contribution in [0.15, 0.2) is 16.9 Å². The molecule has 1 aromatic heterocycles. The van der Waals surface area contributed by atoms with Crippen molar-refractivity contribution in [1.29, 1.82) is 0 Å². The van der Waals surface area contributed by atoms with Gasteiger partial charge < -0.3 is 15.4 Å². The third-order valence-electron chi connectivity index (χ3n) is 1.95. The number of hydrogen-bond acceptors (Lipinski definition) is 3. The molecule has 0 aliphatic carbocycles. The monoisotopic (exact) mass is 210 g/mol. The first-order chi connectivity index (χ1) is 7.04. The van der Waals surface area contributed by atoms with E-state index in [0.717, 1.165) is 0 Å². The van der Waals surface area contributed by atoms with Crippen LogP contribution in [0.1, 0.15) is 23.0 Å². The molecule has 0 bridgehead atoms. The van der Waals surface area contributed by atoms with E-state index in [-0.39, 0.29) is 18.2 Å². The Hall–Kier alpha value is -1.62. The van der Waals surface area contributed by atoms with Gasteiger partial charge in [0.25, 0.3) is 11.5 Å². The Kier molecular flexibility index (Phi) is 3.62. The Morgan fingerprint density at radius 1 is 1.60 bits per heavy atom. The minimum Gasteiger partial charge on any atom is -0.394 e. The fourth-order valence-corrected chi connectivity index (χ4v) is 1.10. The second-order valence-corrected chi connectivity index (χ2v) is 3.44. The van der Waals surface area contributed by atoms with Crippen LogP contribution in [0.3, 0.4) is 0 Å². The van der Waals surface area contributed by atoms with Gasteiger partial charge in [-0.2, -0.15) is 0 Å². The molecular weight excluding hydrogens is 196 g/mol. The number of pyridine rings is 1. The topological polar surface area (TPSA) is 82.2 Å². The van der Waals surface area contributed by atoms with Crippen LogP contribution in [0.5, 0.6) is 0 Å². The molecule has 5 heteroatoms. The van der Waals surface area contributed by atoms with Crippen molar-refractivity contribution in [2.75, 3.05) is 6.61 Å². The molecule has 0 aliphatic heterocycles. The Bertz CT molecular complexity index is 411. The van der Waals surface area contributed by atoms with Crippen molar-refractivity contribution < 1.29 is 9.90 Å². The van der Waals surface area contributed by atoms with Gasteiger partial charge in [-0.15, -0.1) is 0 Å². The number of aryl methyl sites for hydroxylation is 1. The molecule has 1 amide bonds. The second kappa shape index (κ2) is 4.75. The van der Waals surface area contributed by atoms with Crippen LogP contribution < -0.4 is 10.9 Å². The molecule has 0 saturated carbocycles. The van der Waals surface area contributed by atoms with E-state index in [1.165, 1.54) is 6.07 Å². The van der Waals surface area contributed by atoms with Crippen molar-refractivity contribution in [3.8, 4) is 0 Å². The zero-order valence-electron chi connectivity index (χ0n) is 8.70. The minimum absolute atomic E-state index is 0.0564. The van der Waals surface area contributed by atoms with Crippen molar-refractivity contribution in [2.45, 2.75) is 19.9 Å². The highest BCUT2D eigenvalue weighted by Gasteiger charge is 2.12. The quantitative estimate of drug-likeness (QED) is 0.645. The molecule has 0 unspecified atom stereocenters. The fraction of sp³-hybridized carbons (Fsp3) is 0.400. The van der Waals surface area contributed by atoms with E-state index in [4.69, 9.17) is 5.11 Å². The molecule has 1 rings (SSSR count). The molecule has 1 heterocycles. The Labute approximate surface area is 87.1 Å². The number of amides is 1. The lowest BCUT2D eigenvalue weighted by atomic mass is 10.2. The van der Waals surface area contributed by atoms with E-state index in [9.17, 15) is 9.59 Å². The number of aliphatic hydroxyl groups excluding tert-OH is 1. The fourth-order valence-electron chi connectivity index (χ4n) is 1.10. The SMILES string of the molecule is Cc1ccc(C(=O)N[C@@H](C)CO)c(=O)[nH]1. The van der Waals surface area contributed by atoms with Gasteiger partial charge in [0.2, 0.25) is 0 Å². The zero-order valence-corrected chi connectivity index (χ0v) is 8.70. The Morgan fingerprint density at radius 2 is 2.27 bits per heavy atom. The number of H-pyrrole nitrogens is 1. The van der Waals surface area contributed by atoms with Crippen LogP contribution in [-0.4, -0.2) is 28.6 Å². The van der Waals surface area contributed by atoms with Crippen molar-refractivity contribution in [2.24, 2.45) is 0 Å². The van der Waals surface area contributed by atoms with E-state index < -0.39 is 11.5 Å². The van der Waals surface area contributed by atoms with Crippen molar-refractivity contribution in [3.63, 3.8) is 0 Å². The van der Waals surface area contributed by atoms with Crippen LogP contribution in [0.25, 0.3) is 0 Å². The lowest BCUT2D eigenvalue weighted by Crippen LogP contribution is -2.37. The predicted molar refractivity (Wildman–Crippen MR) is 55.8 cm³/mol. The van der Waals surface area contributed by atoms with Gasteiger partial charge in [0.15, 0.2) is 0 Å². The number of hydrogen-bond donors (Lipinski definition) is 3. The van der Waals surface area contributed by atoms with Crippen LogP contribution in [0.4, 0.5) is 0 Å². The van der Waals surface area contributed by atoms with Crippen molar-refractivity contribution in [1.82, 2.24) is 10.3 Å². The zero-order chi connectivity index (χ0) is 11.4. The summed E-state index contributed by atoms with van der Waals surface area (Å²) in [6.45, 7) is 3.23. The van der Waals surface area contributed by atoms with Crippen molar-refractivity contribution in [3.05, 3.63) is 33.7 Å². The maximum Gasteiger partial charge on any atom is 0.260 e. The summed E-state index contributed by atoms with van der Waals surface area (Å²) in [6, 6.07) is 2.76. The van der Waals surface area contributed by atoms with Gasteiger partial charge in [0, 0.05) is 11.7 Å². The summed E-state index contributed by atoms with van der Waals surface area (Å²) in [7, 11) is 0. The summed E-state index contributed by atoms with van der Waals surface area (Å²) in [5.41, 5.74) is 0.338. The standard InChI is InChI=1S/C10H14N2O3/c1-6-3-4-8(9(14)11-6)10(15)12-7(2)5-13/h3-4,7,13H,5H2,1-2H3,(H,11,14)(H,12,15)/t7-/m0/s1. The highest BCUT2D eigenvalue weighted by molar-refractivity contribution is 5.93. The predicted octanol–water partition coefficient (Wildman–Crippen LogP) is -0.206. The summed E-state index contributed by atoms with van der Waals surface area (Å²) in [5, 5.41) is 11.2. The van der Waals surface area contributed by atoms with Gasteiger partial charge in [-0.05, 0) is 26.0 Å². The molecule has 5 nitrogen and oxygen atoms in total. The van der Waals surface area contributed by atoms with Gasteiger partial charge in [-0.1, -0.05) is 0 Å². The van der Waals surface area contributed by atoms with Gasteiger partial charge in [-0.3, -0.25) is 9.59 Å². The maximum absolute atomic E-state index is 11.5. The van der Waals surface area contributed by atoms with Gasteiger partial charge in [-0.25, -0.2) is 0 Å². The molecule has 15 heavy (non-hydrogen) atoms. The number of rotatable bonds is 3. The molecule has 3 N–H and O–H groups in total. The molecule has 0 aliphatic rings. The Balaban J connectivity index is 2.88. The van der Waals surface area contributed by atoms with E-state index in [1.807, 2.05) is 0 Å². The highest BCUT2D eigenvalue weighted by atomic mass is 16.3. The van der Waals surface area contributed by atoms with Crippen molar-refractivity contribution >= 4 is 5.91 Å². The molecule has 0 spiro atoms. The molecule has 0 saturated heterocycles. The van der Waals surface area contributed by atoms with Crippen LogP contribution >= 0.6 is 0 Å². The largest absolute Gasteiger partial charge is 0.394 e. The summed E-state index contributed by atoms with van der Waals surface area (Å²) < 4.78 is 0. The maximum atomic E-state index is 11.5. The van der Waals surface area contributed by atoms with Gasteiger partial charge in [0.05, 0.1) is 6.61 Å². The lowest BCUT2D eigenvalue weighted by Gasteiger charge is -2.09. The first-order valence-corrected chi connectivity index (χ1v) is 4.66. The average Bonchev–Trinajstić information content (AvgIpc) is 2.17. The normalized spacial score (nSPS) is 12.2.